The van der Waals surface area contributed by atoms with Gasteiger partial charge in [0.15, 0.2) is 0 Å². The maximum Gasteiger partial charge on any atom is 0.232 e. The summed E-state index contributed by atoms with van der Waals surface area (Å²) in [5.74, 6) is 0.235. The van der Waals surface area contributed by atoms with Gasteiger partial charge in [-0.1, -0.05) is 26.0 Å². The molecule has 0 aliphatic heterocycles. The average molecular weight is 269 g/mol. The van der Waals surface area contributed by atoms with Gasteiger partial charge in [-0.05, 0) is 24.5 Å². The Morgan fingerprint density at radius 3 is 2.56 bits per heavy atom. The van der Waals surface area contributed by atoms with Crippen molar-refractivity contribution in [3.63, 3.8) is 0 Å². The van der Waals surface area contributed by atoms with Crippen LogP contribution in [0.1, 0.15) is 25.8 Å². The predicted octanol–water partition coefficient (Wildman–Crippen LogP) is 1.76. The number of rotatable bonds is 6. The highest BCUT2D eigenvalue weighted by Crippen LogP contribution is 2.16. The summed E-state index contributed by atoms with van der Waals surface area (Å²) in [6, 6.07) is 6.63. The van der Waals surface area contributed by atoms with Crippen LogP contribution in [0, 0.1) is 11.3 Å². The van der Waals surface area contributed by atoms with E-state index in [9.17, 15) is 8.42 Å². The highest BCUT2D eigenvalue weighted by Gasteiger charge is 2.14. The Bertz CT molecular complexity index is 524. The standard InChI is InChI=1S/C12H19N3O2S/c1-9(2)7-8-18(16,17)15-11-6-4-3-5-10(11)12(13)14/h3-6,9,15H,7-8H2,1-2H3,(H3,13,14). The lowest BCUT2D eigenvalue weighted by molar-refractivity contribution is 0.578. The third-order valence-corrected chi connectivity index (χ3v) is 3.75. The average Bonchev–Trinajstić information content (AvgIpc) is 2.26. The Morgan fingerprint density at radius 1 is 1.39 bits per heavy atom. The molecule has 0 saturated heterocycles. The molecule has 0 aliphatic carbocycles. The Hall–Kier alpha value is -1.56. The quantitative estimate of drug-likeness (QED) is 0.542. The van der Waals surface area contributed by atoms with E-state index in [1.807, 2.05) is 13.8 Å². The van der Waals surface area contributed by atoms with Crippen LogP contribution in [0.25, 0.3) is 0 Å². The molecule has 0 aromatic heterocycles. The van der Waals surface area contributed by atoms with E-state index < -0.39 is 10.0 Å². The zero-order valence-corrected chi connectivity index (χ0v) is 11.4. The molecular formula is C12H19N3O2S. The Balaban J connectivity index is 2.87. The van der Waals surface area contributed by atoms with E-state index in [1.54, 1.807) is 24.3 Å². The number of para-hydroxylation sites is 1. The molecule has 1 rings (SSSR count). The van der Waals surface area contributed by atoms with Crippen molar-refractivity contribution in [2.24, 2.45) is 11.7 Å². The number of anilines is 1. The highest BCUT2D eigenvalue weighted by atomic mass is 32.2. The molecule has 0 fully saturated rings. The van der Waals surface area contributed by atoms with E-state index in [1.165, 1.54) is 0 Å². The first-order valence-corrected chi connectivity index (χ1v) is 7.41. The molecule has 0 bridgehead atoms. The monoisotopic (exact) mass is 269 g/mol. The van der Waals surface area contributed by atoms with E-state index in [0.29, 0.717) is 23.6 Å². The smallest absolute Gasteiger partial charge is 0.232 e. The van der Waals surface area contributed by atoms with E-state index in [0.717, 1.165) is 0 Å². The van der Waals surface area contributed by atoms with Crippen LogP contribution in [-0.2, 0) is 10.0 Å². The zero-order valence-electron chi connectivity index (χ0n) is 10.6. The van der Waals surface area contributed by atoms with E-state index >= 15 is 0 Å². The fourth-order valence-electron chi connectivity index (χ4n) is 1.42. The largest absolute Gasteiger partial charge is 0.384 e. The van der Waals surface area contributed by atoms with Gasteiger partial charge in [-0.2, -0.15) is 0 Å². The summed E-state index contributed by atoms with van der Waals surface area (Å²) < 4.78 is 26.2. The van der Waals surface area contributed by atoms with Gasteiger partial charge >= 0.3 is 0 Å². The summed E-state index contributed by atoms with van der Waals surface area (Å²) in [5, 5.41) is 7.40. The lowest BCUT2D eigenvalue weighted by atomic mass is 10.2. The van der Waals surface area contributed by atoms with Gasteiger partial charge in [0.05, 0.1) is 11.4 Å². The molecule has 0 radical (unpaired) electrons. The minimum atomic E-state index is -3.39. The molecule has 1 aromatic rings. The van der Waals surface area contributed by atoms with Crippen molar-refractivity contribution in [1.82, 2.24) is 0 Å². The van der Waals surface area contributed by atoms with Crippen LogP contribution in [0.3, 0.4) is 0 Å². The number of nitrogen functional groups attached to an aromatic ring is 1. The van der Waals surface area contributed by atoms with Gasteiger partial charge in [-0.15, -0.1) is 0 Å². The van der Waals surface area contributed by atoms with Crippen molar-refractivity contribution in [2.75, 3.05) is 10.5 Å². The van der Waals surface area contributed by atoms with Crippen molar-refractivity contribution < 1.29 is 8.42 Å². The summed E-state index contributed by atoms with van der Waals surface area (Å²) in [6.07, 6.45) is 0.595. The molecule has 4 N–H and O–H groups in total. The van der Waals surface area contributed by atoms with Gasteiger partial charge in [-0.3, -0.25) is 10.1 Å². The highest BCUT2D eigenvalue weighted by molar-refractivity contribution is 7.92. The second-order valence-corrected chi connectivity index (χ2v) is 6.40. The molecule has 6 heteroatoms. The van der Waals surface area contributed by atoms with E-state index in [2.05, 4.69) is 4.72 Å². The Kier molecular flexibility index (Phi) is 4.72. The second-order valence-electron chi connectivity index (χ2n) is 4.56. The summed E-state index contributed by atoms with van der Waals surface area (Å²) in [7, 11) is -3.39. The van der Waals surface area contributed by atoms with Crippen molar-refractivity contribution in [3.05, 3.63) is 29.8 Å². The summed E-state index contributed by atoms with van der Waals surface area (Å²) in [4.78, 5) is 0. The van der Waals surface area contributed by atoms with E-state index in [-0.39, 0.29) is 11.6 Å². The molecule has 0 saturated carbocycles. The number of nitrogens with one attached hydrogen (secondary N) is 2. The SMILES string of the molecule is CC(C)CCS(=O)(=O)Nc1ccccc1C(=N)N. The van der Waals surface area contributed by atoms with Gasteiger partial charge in [0, 0.05) is 5.56 Å². The summed E-state index contributed by atoms with van der Waals surface area (Å²) in [5.41, 5.74) is 6.15. The zero-order chi connectivity index (χ0) is 13.8. The number of nitrogens with two attached hydrogens (primary N) is 1. The van der Waals surface area contributed by atoms with E-state index in [4.69, 9.17) is 11.1 Å². The number of hydrogen-bond acceptors (Lipinski definition) is 3. The fourth-order valence-corrected chi connectivity index (χ4v) is 2.81. The number of benzene rings is 1. The van der Waals surface area contributed by atoms with Crippen LogP contribution in [0.2, 0.25) is 0 Å². The van der Waals surface area contributed by atoms with Crippen molar-refractivity contribution in [2.45, 2.75) is 20.3 Å². The molecule has 0 atom stereocenters. The molecule has 0 heterocycles. The van der Waals surface area contributed by atoms with Crippen molar-refractivity contribution >= 4 is 21.5 Å². The molecule has 1 aromatic carbocycles. The summed E-state index contributed by atoms with van der Waals surface area (Å²) >= 11 is 0. The molecule has 5 nitrogen and oxygen atoms in total. The minimum Gasteiger partial charge on any atom is -0.384 e. The molecule has 18 heavy (non-hydrogen) atoms. The maximum absolute atomic E-state index is 11.9. The van der Waals surface area contributed by atoms with Crippen molar-refractivity contribution in [3.8, 4) is 0 Å². The number of hydrogen-bond donors (Lipinski definition) is 3. The van der Waals surface area contributed by atoms with Gasteiger partial charge in [0.25, 0.3) is 0 Å². The number of amidine groups is 1. The topological polar surface area (TPSA) is 96.0 Å². The lowest BCUT2D eigenvalue weighted by Gasteiger charge is -2.12. The lowest BCUT2D eigenvalue weighted by Crippen LogP contribution is -2.21. The number of sulfonamides is 1. The molecule has 0 aliphatic rings. The van der Waals surface area contributed by atoms with Gasteiger partial charge in [0.1, 0.15) is 5.84 Å². The van der Waals surface area contributed by atoms with Crippen molar-refractivity contribution in [1.29, 1.82) is 5.41 Å². The summed E-state index contributed by atoms with van der Waals surface area (Å²) in [6.45, 7) is 3.94. The Labute approximate surface area is 108 Å². The molecule has 0 spiro atoms. The minimum absolute atomic E-state index is 0.0664. The van der Waals surface area contributed by atoms with Crippen LogP contribution in [-0.4, -0.2) is 20.0 Å². The van der Waals surface area contributed by atoms with Crippen LogP contribution >= 0.6 is 0 Å². The normalized spacial score (nSPS) is 11.5. The molecular weight excluding hydrogens is 250 g/mol. The maximum atomic E-state index is 11.9. The van der Waals surface area contributed by atoms with Crippen LogP contribution in [0.4, 0.5) is 5.69 Å². The molecule has 100 valence electrons. The van der Waals surface area contributed by atoms with Gasteiger partial charge < -0.3 is 5.73 Å². The first kappa shape index (κ1) is 14.5. The van der Waals surface area contributed by atoms with Crippen LogP contribution in [0.5, 0.6) is 0 Å². The fraction of sp³-hybridized carbons (Fsp3) is 0.417. The van der Waals surface area contributed by atoms with Crippen LogP contribution in [0.15, 0.2) is 24.3 Å². The van der Waals surface area contributed by atoms with Gasteiger partial charge in [-0.25, -0.2) is 8.42 Å². The van der Waals surface area contributed by atoms with Crippen LogP contribution < -0.4 is 10.5 Å². The first-order valence-electron chi connectivity index (χ1n) is 5.76. The third-order valence-electron chi connectivity index (χ3n) is 2.45. The van der Waals surface area contributed by atoms with Gasteiger partial charge in [0.2, 0.25) is 10.0 Å². The second kappa shape index (κ2) is 5.86. The molecule has 0 amide bonds. The predicted molar refractivity (Wildman–Crippen MR) is 74.3 cm³/mol. The first-order chi connectivity index (χ1) is 8.32. The third kappa shape index (κ3) is 4.37. The Morgan fingerprint density at radius 2 is 2.00 bits per heavy atom. The molecule has 0 unspecified atom stereocenters.